The lowest BCUT2D eigenvalue weighted by Crippen LogP contribution is -1.90. The van der Waals surface area contributed by atoms with Crippen LogP contribution in [0.25, 0.3) is 11.5 Å². The molecule has 0 aliphatic carbocycles. The van der Waals surface area contributed by atoms with Crippen LogP contribution in [0.2, 0.25) is 5.02 Å². The van der Waals surface area contributed by atoms with Gasteiger partial charge in [0.15, 0.2) is 0 Å². The van der Waals surface area contributed by atoms with Crippen LogP contribution in [0.4, 0.5) is 0 Å². The van der Waals surface area contributed by atoms with E-state index >= 15 is 0 Å². The second-order valence-electron chi connectivity index (χ2n) is 5.22. The Bertz CT molecular complexity index is 869. The number of hydrogen-bond donors (Lipinski definition) is 0. The molecule has 0 spiro atoms. The molecular weight excluding hydrogens is 360 g/mol. The van der Waals surface area contributed by atoms with Gasteiger partial charge in [-0.2, -0.15) is 0 Å². The fraction of sp³-hybridized carbons (Fsp3) is 0.222. The van der Waals surface area contributed by atoms with Crippen LogP contribution in [-0.2, 0) is 0 Å². The van der Waals surface area contributed by atoms with Gasteiger partial charge in [-0.25, -0.2) is 0 Å². The molecule has 1 atom stereocenters. The van der Waals surface area contributed by atoms with Gasteiger partial charge in [-0.05, 0) is 30.7 Å². The molecule has 0 fully saturated rings. The Hall–Kier alpha value is -2.18. The van der Waals surface area contributed by atoms with Crippen LogP contribution < -0.4 is 9.47 Å². The predicted molar refractivity (Wildman–Crippen MR) is 98.6 cm³/mol. The lowest BCUT2D eigenvalue weighted by molar-refractivity contribution is 0.393. The molecule has 1 unspecified atom stereocenters. The molecule has 1 heterocycles. The molecule has 0 bridgehead atoms. The van der Waals surface area contributed by atoms with Crippen LogP contribution >= 0.6 is 23.4 Å². The van der Waals surface area contributed by atoms with Gasteiger partial charge in [0.1, 0.15) is 11.5 Å². The van der Waals surface area contributed by atoms with Crippen molar-refractivity contribution in [3.05, 3.63) is 53.1 Å². The second kappa shape index (κ2) is 7.80. The van der Waals surface area contributed by atoms with Crippen molar-refractivity contribution in [1.82, 2.24) is 10.2 Å². The SMILES string of the molecule is COc1ccc(-c2nnc(SC(C)c3ccccc3Cl)o2)c(OC)c1. The largest absolute Gasteiger partial charge is 0.497 e. The predicted octanol–water partition coefficient (Wildman–Crippen LogP) is 5.26. The van der Waals surface area contributed by atoms with Crippen LogP contribution in [0.1, 0.15) is 17.7 Å². The molecule has 0 saturated carbocycles. The third kappa shape index (κ3) is 3.91. The molecule has 0 N–H and O–H groups in total. The van der Waals surface area contributed by atoms with Crippen molar-refractivity contribution in [2.24, 2.45) is 0 Å². The van der Waals surface area contributed by atoms with Crippen molar-refractivity contribution >= 4 is 23.4 Å². The van der Waals surface area contributed by atoms with E-state index in [1.54, 1.807) is 20.3 Å². The molecule has 1 aromatic heterocycles. The number of hydrogen-bond acceptors (Lipinski definition) is 6. The van der Waals surface area contributed by atoms with Gasteiger partial charge in [-0.1, -0.05) is 41.6 Å². The number of thioether (sulfide) groups is 1. The summed E-state index contributed by atoms with van der Waals surface area (Å²) in [4.78, 5) is 0. The number of methoxy groups -OCH3 is 2. The standard InChI is InChI=1S/C18H17ClN2O3S/c1-11(13-6-4-5-7-15(13)19)25-18-21-20-17(24-18)14-9-8-12(22-2)10-16(14)23-3/h4-11H,1-3H3. The first kappa shape index (κ1) is 17.6. The van der Waals surface area contributed by atoms with E-state index in [9.17, 15) is 0 Å². The Balaban J connectivity index is 1.82. The molecule has 130 valence electrons. The van der Waals surface area contributed by atoms with Gasteiger partial charge in [0.2, 0.25) is 0 Å². The maximum absolute atomic E-state index is 6.25. The summed E-state index contributed by atoms with van der Waals surface area (Å²) in [5.74, 6) is 1.70. The van der Waals surface area contributed by atoms with E-state index in [0.717, 1.165) is 10.6 Å². The van der Waals surface area contributed by atoms with E-state index in [4.69, 9.17) is 25.5 Å². The Kier molecular flexibility index (Phi) is 5.50. The van der Waals surface area contributed by atoms with Crippen LogP contribution in [0.5, 0.6) is 11.5 Å². The van der Waals surface area contributed by atoms with Crippen molar-refractivity contribution in [1.29, 1.82) is 0 Å². The van der Waals surface area contributed by atoms with Crippen molar-refractivity contribution < 1.29 is 13.9 Å². The van der Waals surface area contributed by atoms with Crippen LogP contribution in [0, 0.1) is 0 Å². The van der Waals surface area contributed by atoms with Crippen molar-refractivity contribution in [3.63, 3.8) is 0 Å². The minimum absolute atomic E-state index is 0.0831. The quantitative estimate of drug-likeness (QED) is 0.547. The fourth-order valence-electron chi connectivity index (χ4n) is 2.36. The van der Waals surface area contributed by atoms with Crippen LogP contribution in [0.15, 0.2) is 52.1 Å². The van der Waals surface area contributed by atoms with E-state index < -0.39 is 0 Å². The Morgan fingerprint density at radius 2 is 1.88 bits per heavy atom. The Labute approximate surface area is 155 Å². The van der Waals surface area contributed by atoms with Crippen molar-refractivity contribution in [3.8, 4) is 23.0 Å². The monoisotopic (exact) mass is 376 g/mol. The minimum Gasteiger partial charge on any atom is -0.497 e. The third-order valence-electron chi connectivity index (χ3n) is 3.67. The zero-order chi connectivity index (χ0) is 17.8. The average Bonchev–Trinajstić information content (AvgIpc) is 3.09. The molecule has 0 aliphatic rings. The second-order valence-corrected chi connectivity index (χ2v) is 6.92. The van der Waals surface area contributed by atoms with Crippen molar-refractivity contribution in [2.75, 3.05) is 14.2 Å². The summed E-state index contributed by atoms with van der Waals surface area (Å²) in [7, 11) is 3.19. The molecule has 2 aromatic carbocycles. The van der Waals surface area contributed by atoms with E-state index in [0.29, 0.717) is 28.2 Å². The number of ether oxygens (including phenoxy) is 2. The average molecular weight is 377 g/mol. The zero-order valence-electron chi connectivity index (χ0n) is 14.0. The summed E-state index contributed by atoms with van der Waals surface area (Å²) in [5, 5.41) is 9.53. The summed E-state index contributed by atoms with van der Waals surface area (Å²) in [6.45, 7) is 2.05. The Morgan fingerprint density at radius 1 is 1.08 bits per heavy atom. The molecule has 0 amide bonds. The van der Waals surface area contributed by atoms with E-state index in [1.807, 2.05) is 43.3 Å². The zero-order valence-corrected chi connectivity index (χ0v) is 15.6. The highest BCUT2D eigenvalue weighted by Crippen LogP contribution is 2.39. The summed E-state index contributed by atoms with van der Waals surface area (Å²) < 4.78 is 16.4. The van der Waals surface area contributed by atoms with Gasteiger partial charge in [0.25, 0.3) is 11.1 Å². The molecule has 3 aromatic rings. The molecule has 3 rings (SSSR count). The number of aromatic nitrogens is 2. The normalized spacial score (nSPS) is 12.0. The Morgan fingerprint density at radius 3 is 2.60 bits per heavy atom. The topological polar surface area (TPSA) is 57.4 Å². The smallest absolute Gasteiger partial charge is 0.277 e. The highest BCUT2D eigenvalue weighted by atomic mass is 35.5. The van der Waals surface area contributed by atoms with Crippen LogP contribution in [-0.4, -0.2) is 24.4 Å². The number of benzene rings is 2. The summed E-state index contributed by atoms with van der Waals surface area (Å²) in [6.07, 6.45) is 0. The maximum Gasteiger partial charge on any atom is 0.277 e. The van der Waals surface area contributed by atoms with E-state index in [-0.39, 0.29) is 5.25 Å². The van der Waals surface area contributed by atoms with E-state index in [2.05, 4.69) is 10.2 Å². The number of halogens is 1. The van der Waals surface area contributed by atoms with E-state index in [1.165, 1.54) is 11.8 Å². The minimum atomic E-state index is 0.0831. The van der Waals surface area contributed by atoms with Crippen LogP contribution in [0.3, 0.4) is 0 Å². The van der Waals surface area contributed by atoms with Gasteiger partial charge in [-0.3, -0.25) is 0 Å². The highest BCUT2D eigenvalue weighted by Gasteiger charge is 2.18. The van der Waals surface area contributed by atoms with Crippen molar-refractivity contribution in [2.45, 2.75) is 17.4 Å². The molecule has 5 nitrogen and oxygen atoms in total. The first-order valence-corrected chi connectivity index (χ1v) is 8.85. The van der Waals surface area contributed by atoms with Gasteiger partial charge < -0.3 is 13.9 Å². The first-order chi connectivity index (χ1) is 12.1. The molecule has 7 heteroatoms. The highest BCUT2D eigenvalue weighted by molar-refractivity contribution is 7.99. The van der Waals surface area contributed by atoms with Gasteiger partial charge >= 0.3 is 0 Å². The number of rotatable bonds is 6. The van der Waals surface area contributed by atoms with Gasteiger partial charge in [0.05, 0.1) is 19.8 Å². The lowest BCUT2D eigenvalue weighted by Gasteiger charge is -2.10. The lowest BCUT2D eigenvalue weighted by atomic mass is 10.2. The fourth-order valence-corrected chi connectivity index (χ4v) is 3.57. The molecule has 0 radical (unpaired) electrons. The first-order valence-electron chi connectivity index (χ1n) is 7.59. The molecule has 0 aliphatic heterocycles. The maximum atomic E-state index is 6.25. The molecule has 25 heavy (non-hydrogen) atoms. The summed E-state index contributed by atoms with van der Waals surface area (Å²) >= 11 is 7.70. The molecule has 0 saturated heterocycles. The molecular formula is C18H17ClN2O3S. The summed E-state index contributed by atoms with van der Waals surface area (Å²) in [6, 6.07) is 13.2. The third-order valence-corrected chi connectivity index (χ3v) is 4.98. The van der Waals surface area contributed by atoms with Gasteiger partial charge in [0, 0.05) is 16.3 Å². The van der Waals surface area contributed by atoms with Gasteiger partial charge in [-0.15, -0.1) is 10.2 Å². The number of nitrogens with zero attached hydrogens (tertiary/aromatic N) is 2. The summed E-state index contributed by atoms with van der Waals surface area (Å²) in [5.41, 5.74) is 1.74.